The third-order valence-electron chi connectivity index (χ3n) is 6.96. The normalized spacial score (nSPS) is 25.6. The number of carbonyl (C=O) groups excluding carboxylic acids is 1. The van der Waals surface area contributed by atoms with Gasteiger partial charge in [0.2, 0.25) is 5.91 Å². The van der Waals surface area contributed by atoms with Crippen molar-refractivity contribution in [3.05, 3.63) is 84.4 Å². The van der Waals surface area contributed by atoms with Crippen LogP contribution in [0.1, 0.15) is 52.2 Å². The Morgan fingerprint density at radius 2 is 1.63 bits per heavy atom. The summed E-state index contributed by atoms with van der Waals surface area (Å²) in [5.41, 5.74) is 2.07. The van der Waals surface area contributed by atoms with E-state index >= 15 is 0 Å². The lowest BCUT2D eigenvalue weighted by Gasteiger charge is -2.40. The number of amides is 1. The molecular formula is C31H41NO6. The summed E-state index contributed by atoms with van der Waals surface area (Å²) in [6.07, 6.45) is 0.512. The zero-order chi connectivity index (χ0) is 27.3. The van der Waals surface area contributed by atoms with E-state index in [1.54, 1.807) is 6.92 Å². The lowest BCUT2D eigenvalue weighted by molar-refractivity contribution is -0.177. The number of hydrogen-bond donors (Lipinski definition) is 0. The third kappa shape index (κ3) is 7.10. The maximum Gasteiger partial charge on any atom is 0.220 e. The smallest absolute Gasteiger partial charge is 0.220 e. The second-order valence-corrected chi connectivity index (χ2v) is 10.9. The molecule has 7 nitrogen and oxygen atoms in total. The Bertz CT molecular complexity index is 1060. The highest BCUT2D eigenvalue weighted by molar-refractivity contribution is 5.73. The molecule has 2 fully saturated rings. The van der Waals surface area contributed by atoms with Crippen molar-refractivity contribution in [2.75, 3.05) is 6.61 Å². The molecule has 0 aliphatic carbocycles. The second kappa shape index (κ2) is 12.1. The van der Waals surface area contributed by atoms with E-state index in [9.17, 15) is 4.79 Å². The SMILES string of the molecule is C=CC[C@H]([C@H](OCc1ccccc1)[C@H]1OC(C)(C)O[C@@H]1[C@H]1COC(C)(C)O1)N(Cc1ccccc1)C(C)=O. The predicted molar refractivity (Wildman–Crippen MR) is 145 cm³/mol. The molecule has 0 radical (unpaired) electrons. The average molecular weight is 524 g/mol. The van der Waals surface area contributed by atoms with Gasteiger partial charge in [-0.15, -0.1) is 6.58 Å². The van der Waals surface area contributed by atoms with Crippen LogP contribution in [-0.4, -0.2) is 59.4 Å². The van der Waals surface area contributed by atoms with Gasteiger partial charge in [-0.25, -0.2) is 0 Å². The van der Waals surface area contributed by atoms with Crippen LogP contribution in [0.3, 0.4) is 0 Å². The van der Waals surface area contributed by atoms with Gasteiger partial charge in [0.25, 0.3) is 0 Å². The molecule has 0 aromatic heterocycles. The highest BCUT2D eigenvalue weighted by Gasteiger charge is 2.54. The molecule has 0 unspecified atom stereocenters. The molecule has 2 aliphatic heterocycles. The van der Waals surface area contributed by atoms with Gasteiger partial charge in [0.15, 0.2) is 11.6 Å². The number of rotatable bonds is 11. The van der Waals surface area contributed by atoms with E-state index in [0.29, 0.717) is 26.2 Å². The highest BCUT2D eigenvalue weighted by Crippen LogP contribution is 2.39. The molecule has 2 heterocycles. The fourth-order valence-electron chi connectivity index (χ4n) is 5.28. The van der Waals surface area contributed by atoms with Gasteiger partial charge in [-0.3, -0.25) is 4.79 Å². The Kier molecular flexibility index (Phi) is 9.06. The van der Waals surface area contributed by atoms with Crippen LogP contribution >= 0.6 is 0 Å². The van der Waals surface area contributed by atoms with Crippen LogP contribution in [0.5, 0.6) is 0 Å². The summed E-state index contributed by atoms with van der Waals surface area (Å²) in [6.45, 7) is 14.4. The van der Waals surface area contributed by atoms with Crippen LogP contribution in [0.2, 0.25) is 0 Å². The number of hydrogen-bond acceptors (Lipinski definition) is 6. The Morgan fingerprint density at radius 1 is 1.00 bits per heavy atom. The summed E-state index contributed by atoms with van der Waals surface area (Å²) in [6, 6.07) is 19.6. The van der Waals surface area contributed by atoms with Crippen molar-refractivity contribution >= 4 is 5.91 Å². The maximum atomic E-state index is 13.1. The van der Waals surface area contributed by atoms with E-state index in [1.165, 1.54) is 0 Å². The van der Waals surface area contributed by atoms with Crippen molar-refractivity contribution in [1.29, 1.82) is 0 Å². The molecule has 2 aromatic carbocycles. The number of carbonyl (C=O) groups is 1. The Balaban J connectivity index is 1.70. The van der Waals surface area contributed by atoms with Crippen LogP contribution in [0.15, 0.2) is 73.3 Å². The van der Waals surface area contributed by atoms with Gasteiger partial charge < -0.3 is 28.6 Å². The van der Waals surface area contributed by atoms with E-state index < -0.39 is 29.9 Å². The first-order valence-electron chi connectivity index (χ1n) is 13.3. The molecule has 206 valence electrons. The molecule has 4 rings (SSSR count). The molecule has 7 heteroatoms. The first kappa shape index (κ1) is 28.5. The maximum absolute atomic E-state index is 13.1. The van der Waals surface area contributed by atoms with Gasteiger partial charge in [-0.1, -0.05) is 66.7 Å². The van der Waals surface area contributed by atoms with Gasteiger partial charge in [0, 0.05) is 13.5 Å². The number of nitrogens with zero attached hydrogens (tertiary/aromatic N) is 1. The zero-order valence-corrected chi connectivity index (χ0v) is 23.2. The Hall–Kier alpha value is -2.55. The van der Waals surface area contributed by atoms with Crippen molar-refractivity contribution in [2.45, 2.75) is 96.2 Å². The number of ether oxygens (including phenoxy) is 5. The van der Waals surface area contributed by atoms with Crippen LogP contribution < -0.4 is 0 Å². The topological polar surface area (TPSA) is 66.5 Å². The lowest BCUT2D eigenvalue weighted by atomic mass is 9.93. The van der Waals surface area contributed by atoms with Crippen LogP contribution in [0.4, 0.5) is 0 Å². The molecule has 0 bridgehead atoms. The molecule has 2 aliphatic rings. The van der Waals surface area contributed by atoms with Crippen molar-refractivity contribution in [1.82, 2.24) is 4.90 Å². The zero-order valence-electron chi connectivity index (χ0n) is 23.2. The summed E-state index contributed by atoms with van der Waals surface area (Å²) in [7, 11) is 0. The summed E-state index contributed by atoms with van der Waals surface area (Å²) in [4.78, 5) is 15.0. The monoisotopic (exact) mass is 523 g/mol. The van der Waals surface area contributed by atoms with Gasteiger partial charge in [-0.2, -0.15) is 0 Å². The van der Waals surface area contributed by atoms with E-state index in [-0.39, 0.29) is 18.1 Å². The fourth-order valence-corrected chi connectivity index (χ4v) is 5.28. The number of benzene rings is 2. The van der Waals surface area contributed by atoms with Crippen molar-refractivity contribution in [2.24, 2.45) is 0 Å². The van der Waals surface area contributed by atoms with Crippen LogP contribution in [0.25, 0.3) is 0 Å². The summed E-state index contributed by atoms with van der Waals surface area (Å²) >= 11 is 0. The molecule has 5 atom stereocenters. The quantitative estimate of drug-likeness (QED) is 0.376. The van der Waals surface area contributed by atoms with Crippen LogP contribution in [0, 0.1) is 0 Å². The summed E-state index contributed by atoms with van der Waals surface area (Å²) in [5.74, 6) is -1.63. The van der Waals surface area contributed by atoms with Gasteiger partial charge in [0.1, 0.15) is 24.4 Å². The molecule has 2 aromatic rings. The Morgan fingerprint density at radius 3 is 2.18 bits per heavy atom. The fraction of sp³-hybridized carbons (Fsp3) is 0.516. The highest BCUT2D eigenvalue weighted by atomic mass is 16.8. The molecule has 0 spiro atoms. The van der Waals surface area contributed by atoms with Gasteiger partial charge >= 0.3 is 0 Å². The first-order chi connectivity index (χ1) is 18.1. The van der Waals surface area contributed by atoms with E-state index in [0.717, 1.165) is 11.1 Å². The van der Waals surface area contributed by atoms with Crippen molar-refractivity contribution in [3.8, 4) is 0 Å². The van der Waals surface area contributed by atoms with Crippen molar-refractivity contribution < 1.29 is 28.5 Å². The van der Waals surface area contributed by atoms with Gasteiger partial charge in [-0.05, 0) is 45.2 Å². The predicted octanol–water partition coefficient (Wildman–Crippen LogP) is 5.24. The molecule has 38 heavy (non-hydrogen) atoms. The first-order valence-corrected chi connectivity index (χ1v) is 13.3. The minimum Gasteiger partial charge on any atom is -0.369 e. The lowest BCUT2D eigenvalue weighted by Crippen LogP contribution is -2.55. The van der Waals surface area contributed by atoms with Crippen LogP contribution in [-0.2, 0) is 41.6 Å². The standard InChI is InChI=1S/C31H41NO6/c1-7-14-25(32(22(2)33)19-23-15-10-8-11-16-23)27(34-20-24-17-12-9-13-18-24)29-28(37-31(5,6)38-29)26-21-35-30(3,4)36-26/h7-13,15-18,25-29H,1,14,19-21H2,2-6H3/t25-,26-,27+,28-,29-/m1/s1. The average Bonchev–Trinajstić information content (AvgIpc) is 3.41. The van der Waals surface area contributed by atoms with E-state index in [1.807, 2.05) is 99.3 Å². The molecular weight excluding hydrogens is 482 g/mol. The minimum atomic E-state index is -0.862. The van der Waals surface area contributed by atoms with Crippen molar-refractivity contribution in [3.63, 3.8) is 0 Å². The molecule has 2 saturated heterocycles. The van der Waals surface area contributed by atoms with Gasteiger partial charge in [0.05, 0.1) is 19.3 Å². The molecule has 1 amide bonds. The largest absolute Gasteiger partial charge is 0.369 e. The minimum absolute atomic E-state index is 0.0506. The van der Waals surface area contributed by atoms with E-state index in [2.05, 4.69) is 6.58 Å². The van der Waals surface area contributed by atoms with E-state index in [4.69, 9.17) is 23.7 Å². The Labute approximate surface area is 226 Å². The summed E-state index contributed by atoms with van der Waals surface area (Å²) < 4.78 is 31.8. The molecule has 0 N–H and O–H groups in total. The third-order valence-corrected chi connectivity index (χ3v) is 6.96. The second-order valence-electron chi connectivity index (χ2n) is 10.9. The molecule has 0 saturated carbocycles. The summed E-state index contributed by atoms with van der Waals surface area (Å²) in [5, 5.41) is 0.